The lowest BCUT2D eigenvalue weighted by Crippen LogP contribution is -2.31. The zero-order valence-electron chi connectivity index (χ0n) is 80.4. The Morgan fingerprint density at radius 2 is 0.520 bits per heavy atom. The van der Waals surface area contributed by atoms with Gasteiger partial charge in [0.25, 0.3) is 70.9 Å². The zero-order valence-corrected chi connectivity index (χ0v) is 82.6. The molecule has 740 valence electrons. The number of carbonyl (C=O) groups excluding carboxylic acids is 12. The molecule has 0 saturated heterocycles. The van der Waals surface area contributed by atoms with Crippen LogP contribution in [-0.4, -0.2) is 131 Å². The van der Waals surface area contributed by atoms with Crippen molar-refractivity contribution in [2.24, 2.45) is 0 Å². The topological polar surface area (TPSA) is 469 Å². The second kappa shape index (κ2) is 45.4. The van der Waals surface area contributed by atoms with Crippen molar-refractivity contribution >= 4 is 198 Å². The second-order valence-corrected chi connectivity index (χ2v) is 34.9. The smallest absolute Gasteiger partial charge is 0.278 e. The van der Waals surface area contributed by atoms with E-state index in [1.54, 1.807) is 204 Å². The van der Waals surface area contributed by atoms with Gasteiger partial charge in [-0.15, -0.1) is 0 Å². The molecule has 0 atom stereocenters. The van der Waals surface area contributed by atoms with Crippen LogP contribution in [0.2, 0.25) is 0 Å². The lowest BCUT2D eigenvalue weighted by atomic mass is 10.1. The lowest BCUT2D eigenvalue weighted by Gasteiger charge is -2.15. The molecule has 39 heteroatoms. The van der Waals surface area contributed by atoms with Crippen molar-refractivity contribution in [3.63, 3.8) is 0 Å². The summed E-state index contributed by atoms with van der Waals surface area (Å²) in [5, 5.41) is 23.5. The first kappa shape index (κ1) is 102. The van der Waals surface area contributed by atoms with Crippen LogP contribution in [0.1, 0.15) is 84.5 Å². The van der Waals surface area contributed by atoms with Gasteiger partial charge in [-0.25, -0.2) is 59.5 Å². The van der Waals surface area contributed by atoms with Gasteiger partial charge in [0.05, 0.1) is 45.5 Å². The predicted octanol–water partition coefficient (Wildman–Crippen LogP) is 20.0. The van der Waals surface area contributed by atoms with Crippen LogP contribution in [0.15, 0.2) is 361 Å². The number of hydrogen-bond donors (Lipinski definition) is 8. The first-order chi connectivity index (χ1) is 72.4. The number of hydrogen-bond acceptors (Lipinski definition) is 28. The highest BCUT2D eigenvalue weighted by Gasteiger charge is 2.39. The fourth-order valence-corrected chi connectivity index (χ4v) is 15.8. The highest BCUT2D eigenvalue weighted by Crippen LogP contribution is 2.37. The molecule has 20 rings (SSSR count). The van der Waals surface area contributed by atoms with E-state index in [1.165, 1.54) is 54.6 Å². The number of benzene rings is 8. The molecular formula is C111H83Cl3N24O12. The summed E-state index contributed by atoms with van der Waals surface area (Å²) < 4.78 is 0. The number of imide groups is 4. The summed E-state index contributed by atoms with van der Waals surface area (Å²) in [6.07, 6.45) is 22.7. The number of amides is 12. The van der Waals surface area contributed by atoms with Crippen LogP contribution >= 0.6 is 34.8 Å². The summed E-state index contributed by atoms with van der Waals surface area (Å²) in [7, 11) is 0. The van der Waals surface area contributed by atoms with Crippen molar-refractivity contribution in [2.75, 3.05) is 62.1 Å². The molecule has 0 unspecified atom stereocenters. The summed E-state index contributed by atoms with van der Waals surface area (Å²) in [6, 6.07) is 68.8. The van der Waals surface area contributed by atoms with E-state index in [0.29, 0.717) is 108 Å². The van der Waals surface area contributed by atoms with E-state index >= 15 is 0 Å². The minimum absolute atomic E-state index is 0.148. The van der Waals surface area contributed by atoms with Gasteiger partial charge in [0, 0.05) is 193 Å². The molecule has 0 fully saturated rings. The lowest BCUT2D eigenvalue weighted by molar-refractivity contribution is -0.122. The number of carbonyl (C=O) groups is 12. The highest BCUT2D eigenvalue weighted by molar-refractivity contribution is 6.62. The van der Waals surface area contributed by atoms with Gasteiger partial charge in [0.2, 0.25) is 23.8 Å². The van der Waals surface area contributed by atoms with Gasteiger partial charge in [-0.3, -0.25) is 77.5 Å². The SMILES string of the molecule is CC1=C(C)C(=O)N(c2ccc(C(=O)Nc3ccc(C)c(Nc4nccc(-c5cccnc5)n4)c3)cc2)C1=O.CC1=CC(=O)N(c2ccc(C(=O)Nc3ccc(C)c(Nc4nccc(-c5cccnc5)n4)c3)cc2)C1=O.Cc1ccc(NC(=O)c2ccc(N3C(=O)C(Cl)=C(Cl)C3=O)cc2)cc1Nc1nccc(-c2cccnc2)n1.Cc1ccc(NC(=O)c2ccc(N3C(=O)C=C(Cl)C3=O)cc2)cc1Nc1nccc(-c2cccnc2)n1. The molecule has 8 N–H and O–H groups in total. The molecule has 0 aliphatic carbocycles. The number of pyridine rings is 4. The van der Waals surface area contributed by atoms with Crippen molar-refractivity contribution in [1.82, 2.24) is 59.8 Å². The van der Waals surface area contributed by atoms with Crippen molar-refractivity contribution in [1.29, 1.82) is 0 Å². The number of aromatic nitrogens is 12. The van der Waals surface area contributed by atoms with E-state index in [4.69, 9.17) is 34.8 Å². The summed E-state index contributed by atoms with van der Waals surface area (Å²) in [6.45, 7) is 12.6. The third kappa shape index (κ3) is 23.6. The average Bonchev–Trinajstić information content (AvgIpc) is 1.64. The maximum atomic E-state index is 12.9. The van der Waals surface area contributed by atoms with Crippen molar-refractivity contribution in [3.8, 4) is 45.0 Å². The van der Waals surface area contributed by atoms with E-state index in [0.717, 1.165) is 110 Å². The third-order valence-corrected chi connectivity index (χ3v) is 24.6. The number of nitrogens with zero attached hydrogens (tertiary/aromatic N) is 16. The second-order valence-electron chi connectivity index (χ2n) is 33.7. The van der Waals surface area contributed by atoms with Crippen LogP contribution in [0.4, 0.5) is 92.0 Å². The maximum absolute atomic E-state index is 12.9. The van der Waals surface area contributed by atoms with Crippen molar-refractivity contribution in [3.05, 3.63) is 405 Å². The normalized spacial score (nSPS) is 13.1. The number of nitrogens with one attached hydrogen (secondary N) is 8. The summed E-state index contributed by atoms with van der Waals surface area (Å²) in [4.78, 5) is 205. The quantitative estimate of drug-likeness (QED) is 0.0260. The Kier molecular flexibility index (Phi) is 30.8. The molecule has 150 heavy (non-hydrogen) atoms. The van der Waals surface area contributed by atoms with Crippen LogP contribution in [0.5, 0.6) is 0 Å². The monoisotopic (exact) mass is 2050 g/mol. The fourth-order valence-electron chi connectivity index (χ4n) is 15.3. The molecule has 0 bridgehead atoms. The first-order valence-electron chi connectivity index (χ1n) is 45.8. The zero-order chi connectivity index (χ0) is 106. The van der Waals surface area contributed by atoms with E-state index in [2.05, 4.69) is 102 Å². The Bertz CT molecular complexity index is 7700. The number of halogens is 3. The highest BCUT2D eigenvalue weighted by atomic mass is 35.5. The predicted molar refractivity (Wildman–Crippen MR) is 571 cm³/mol. The van der Waals surface area contributed by atoms with Crippen LogP contribution in [0, 0.1) is 27.7 Å². The molecule has 36 nitrogen and oxygen atoms in total. The summed E-state index contributed by atoms with van der Waals surface area (Å²) in [5.41, 5.74) is 19.4. The number of anilines is 16. The van der Waals surface area contributed by atoms with Gasteiger partial charge in [-0.1, -0.05) is 59.1 Å². The summed E-state index contributed by atoms with van der Waals surface area (Å²) in [5.74, 6) is -3.76. The van der Waals surface area contributed by atoms with Crippen LogP contribution in [-0.2, 0) is 38.4 Å². The van der Waals surface area contributed by atoms with E-state index in [9.17, 15) is 57.5 Å². The number of rotatable bonds is 24. The van der Waals surface area contributed by atoms with Gasteiger partial charge in [-0.2, -0.15) is 0 Å². The minimum Gasteiger partial charge on any atom is -0.324 e. The molecule has 0 radical (unpaired) electrons. The molecule has 16 aromatic rings. The minimum atomic E-state index is -0.714. The fraction of sp³-hybridized carbons (Fsp3) is 0.0631. The molecular weight excluding hydrogens is 1970 g/mol. The van der Waals surface area contributed by atoms with E-state index in [-0.39, 0.29) is 62.1 Å². The van der Waals surface area contributed by atoms with Gasteiger partial charge in [0.1, 0.15) is 15.1 Å². The van der Waals surface area contributed by atoms with E-state index in [1.807, 2.05) is 113 Å². The van der Waals surface area contributed by atoms with Crippen LogP contribution < -0.4 is 62.1 Å². The van der Waals surface area contributed by atoms with Crippen molar-refractivity contribution in [2.45, 2.75) is 48.5 Å². The van der Waals surface area contributed by atoms with Gasteiger partial charge < -0.3 is 42.5 Å². The Balaban J connectivity index is 0.000000136. The average molecular weight is 2050 g/mol. The third-order valence-electron chi connectivity index (χ3n) is 23.5. The Morgan fingerprint density at radius 1 is 0.267 bits per heavy atom. The molecule has 4 aliphatic heterocycles. The van der Waals surface area contributed by atoms with Gasteiger partial charge >= 0.3 is 0 Å². The Hall–Kier alpha value is -19.8. The standard InChI is InChI=1S/C29H24N6O3.C28H22N6O3.C27H18Cl2N6O3.C27H19ClN6O3/c1-17-6-9-22(15-25(17)34-29-31-14-12-24(33-29)21-5-4-13-30-16-21)32-26(36)20-7-10-23(11-8-20)35-27(37)18(2)19(3)28(35)38;1-17-5-8-21(15-24(17)33-28-30-13-11-23(32-28)20-4-3-12-29-16-20)31-26(36)19-6-9-22(10-7-19)34-25(35)14-18(2)27(34)37;1-15-4-7-18(13-21(15)34-27-31-12-10-20(33-27)17-3-2-11-30-14-17)32-24(36)16-5-8-19(9-6-16)35-25(37)22(28)23(29)26(35)38;1-16-4-7-19(13-23(16)33-27-30-12-10-22(32-27)18-3-2-11-29-15-18)31-25(36)17-5-8-20(9-6-17)34-24(35)14-21(28)26(34)37/h4-16H,1-3H3,(H,32,36)(H,31,33,34);3-16H,1-2H3,(H,31,36)(H,30,32,33);2-14H,1H3,(H,32,36)(H,31,33,34);2-15H,1H3,(H,31,36)(H,30,32,33). The molecule has 0 saturated carbocycles. The maximum Gasteiger partial charge on any atom is 0.278 e. The van der Waals surface area contributed by atoms with Crippen LogP contribution in [0.3, 0.4) is 0 Å². The van der Waals surface area contributed by atoms with Crippen LogP contribution in [0.25, 0.3) is 45.0 Å². The molecule has 4 aliphatic rings. The molecule has 8 aromatic heterocycles. The van der Waals surface area contributed by atoms with Gasteiger partial charge in [-0.05, 0) is 289 Å². The first-order valence-corrected chi connectivity index (χ1v) is 47.0. The van der Waals surface area contributed by atoms with E-state index < -0.39 is 29.5 Å². The molecule has 0 spiro atoms. The Morgan fingerprint density at radius 3 is 0.760 bits per heavy atom. The summed E-state index contributed by atoms with van der Waals surface area (Å²) >= 11 is 17.3. The van der Waals surface area contributed by atoms with Gasteiger partial charge in [0.15, 0.2) is 0 Å². The largest absolute Gasteiger partial charge is 0.324 e. The van der Waals surface area contributed by atoms with Crippen molar-refractivity contribution < 1.29 is 57.5 Å². The molecule has 8 aromatic carbocycles. The molecule has 12 amide bonds. The number of aryl methyl sites for hydroxylation is 4. The molecule has 12 heterocycles. The Labute approximate surface area is 870 Å².